The number of benzene rings is 1. The van der Waals surface area contributed by atoms with Crippen molar-refractivity contribution < 1.29 is 23.9 Å². The molecule has 0 bridgehead atoms. The van der Waals surface area contributed by atoms with Crippen molar-refractivity contribution in [2.75, 3.05) is 7.11 Å². The van der Waals surface area contributed by atoms with Gasteiger partial charge < -0.3 is 10.1 Å². The summed E-state index contributed by atoms with van der Waals surface area (Å²) in [5.41, 5.74) is 1.23. The van der Waals surface area contributed by atoms with Gasteiger partial charge in [0.15, 0.2) is 0 Å². The topological polar surface area (TPSA) is 92.8 Å². The van der Waals surface area contributed by atoms with Gasteiger partial charge in [-0.05, 0) is 42.9 Å². The highest BCUT2D eigenvalue weighted by Crippen LogP contribution is 2.37. The molecule has 3 amide bonds. The van der Waals surface area contributed by atoms with E-state index >= 15 is 0 Å². The SMILES string of the molecule is COC(=O)c1ccc(CNC(=O)C(CC(C)C)N2C(=O)C3CC=CCC3C2=O)cc1. The van der Waals surface area contributed by atoms with E-state index in [4.69, 9.17) is 0 Å². The number of likely N-dealkylation sites (tertiary alicyclic amines) is 1. The second-order valence-corrected chi connectivity index (χ2v) is 8.25. The molecular formula is C23H28N2O5. The maximum Gasteiger partial charge on any atom is 0.337 e. The van der Waals surface area contributed by atoms with Gasteiger partial charge in [-0.15, -0.1) is 0 Å². The second kappa shape index (κ2) is 9.24. The Morgan fingerprint density at radius 1 is 1.07 bits per heavy atom. The van der Waals surface area contributed by atoms with Gasteiger partial charge in [-0.3, -0.25) is 19.3 Å². The molecule has 3 atom stereocenters. The molecule has 30 heavy (non-hydrogen) atoms. The number of methoxy groups -OCH3 is 1. The number of hydrogen-bond donors (Lipinski definition) is 1. The molecular weight excluding hydrogens is 384 g/mol. The van der Waals surface area contributed by atoms with Gasteiger partial charge in [-0.25, -0.2) is 4.79 Å². The van der Waals surface area contributed by atoms with E-state index in [0.717, 1.165) is 5.56 Å². The Kier molecular flexibility index (Phi) is 6.70. The van der Waals surface area contributed by atoms with Crippen LogP contribution in [0, 0.1) is 17.8 Å². The minimum atomic E-state index is -0.815. The number of fused-ring (bicyclic) bond motifs is 1. The zero-order chi connectivity index (χ0) is 21.8. The second-order valence-electron chi connectivity index (χ2n) is 8.25. The van der Waals surface area contributed by atoms with E-state index in [2.05, 4.69) is 10.1 Å². The molecule has 7 nitrogen and oxygen atoms in total. The third-order valence-corrected chi connectivity index (χ3v) is 5.69. The van der Waals surface area contributed by atoms with Crippen LogP contribution in [0.15, 0.2) is 36.4 Å². The summed E-state index contributed by atoms with van der Waals surface area (Å²) in [6.45, 7) is 4.16. The molecule has 7 heteroatoms. The first kappa shape index (κ1) is 21.7. The van der Waals surface area contributed by atoms with Gasteiger partial charge in [0.2, 0.25) is 17.7 Å². The largest absolute Gasteiger partial charge is 0.465 e. The molecule has 3 rings (SSSR count). The number of imide groups is 1. The van der Waals surface area contributed by atoms with Gasteiger partial charge in [-0.2, -0.15) is 0 Å². The molecule has 1 heterocycles. The molecule has 0 aromatic heterocycles. The van der Waals surface area contributed by atoms with Gasteiger partial charge in [0.05, 0.1) is 24.5 Å². The average molecular weight is 412 g/mol. The lowest BCUT2D eigenvalue weighted by Crippen LogP contribution is -2.50. The Balaban J connectivity index is 1.71. The van der Waals surface area contributed by atoms with Crippen molar-refractivity contribution >= 4 is 23.7 Å². The number of nitrogens with zero attached hydrogens (tertiary/aromatic N) is 1. The van der Waals surface area contributed by atoms with E-state index in [0.29, 0.717) is 24.8 Å². The van der Waals surface area contributed by atoms with Crippen LogP contribution in [0.2, 0.25) is 0 Å². The normalized spacial score (nSPS) is 21.5. The first-order chi connectivity index (χ1) is 14.3. The first-order valence-corrected chi connectivity index (χ1v) is 10.3. The summed E-state index contributed by atoms with van der Waals surface area (Å²) in [4.78, 5) is 51.6. The molecule has 2 aliphatic rings. The van der Waals surface area contributed by atoms with Crippen LogP contribution in [0.25, 0.3) is 0 Å². The molecule has 0 saturated carbocycles. The van der Waals surface area contributed by atoms with Crippen LogP contribution < -0.4 is 5.32 Å². The van der Waals surface area contributed by atoms with Crippen molar-refractivity contribution in [3.8, 4) is 0 Å². The predicted molar refractivity (Wildman–Crippen MR) is 110 cm³/mol. The van der Waals surface area contributed by atoms with Crippen LogP contribution in [0.3, 0.4) is 0 Å². The van der Waals surface area contributed by atoms with Crippen LogP contribution in [0.1, 0.15) is 49.0 Å². The molecule has 3 unspecified atom stereocenters. The number of ether oxygens (including phenoxy) is 1. The van der Waals surface area contributed by atoms with Crippen LogP contribution in [0.5, 0.6) is 0 Å². The molecule has 1 N–H and O–H groups in total. The monoisotopic (exact) mass is 412 g/mol. The van der Waals surface area contributed by atoms with Crippen LogP contribution >= 0.6 is 0 Å². The Morgan fingerprint density at radius 3 is 2.13 bits per heavy atom. The van der Waals surface area contributed by atoms with Crippen molar-refractivity contribution in [3.63, 3.8) is 0 Å². The number of amides is 3. The third-order valence-electron chi connectivity index (χ3n) is 5.69. The van der Waals surface area contributed by atoms with Crippen molar-refractivity contribution in [1.82, 2.24) is 10.2 Å². The highest BCUT2D eigenvalue weighted by atomic mass is 16.5. The van der Waals surface area contributed by atoms with Crippen molar-refractivity contribution in [2.45, 2.75) is 45.7 Å². The maximum absolute atomic E-state index is 13.0. The smallest absolute Gasteiger partial charge is 0.337 e. The van der Waals surface area contributed by atoms with Crippen LogP contribution in [-0.2, 0) is 25.7 Å². The number of hydrogen-bond acceptors (Lipinski definition) is 5. The number of carbonyl (C=O) groups excluding carboxylic acids is 4. The number of rotatable bonds is 7. The molecule has 0 radical (unpaired) electrons. The number of allylic oxidation sites excluding steroid dienone is 2. The number of esters is 1. The zero-order valence-electron chi connectivity index (χ0n) is 17.6. The highest BCUT2D eigenvalue weighted by Gasteiger charge is 2.51. The molecule has 1 aliphatic carbocycles. The lowest BCUT2D eigenvalue weighted by Gasteiger charge is -2.27. The van der Waals surface area contributed by atoms with Crippen molar-refractivity contribution in [2.24, 2.45) is 17.8 Å². The summed E-state index contributed by atoms with van der Waals surface area (Å²) in [7, 11) is 1.32. The third kappa shape index (κ3) is 4.45. The lowest BCUT2D eigenvalue weighted by molar-refractivity contribution is -0.148. The Morgan fingerprint density at radius 2 is 1.63 bits per heavy atom. The summed E-state index contributed by atoms with van der Waals surface area (Å²) >= 11 is 0. The van der Waals surface area contributed by atoms with Crippen molar-refractivity contribution in [1.29, 1.82) is 0 Å². The summed E-state index contributed by atoms with van der Waals surface area (Å²) in [6, 6.07) is 5.91. The Labute approximate surface area is 176 Å². The average Bonchev–Trinajstić information content (AvgIpc) is 3.00. The van der Waals surface area contributed by atoms with Crippen LogP contribution in [-0.4, -0.2) is 41.7 Å². The van der Waals surface area contributed by atoms with Gasteiger partial charge >= 0.3 is 5.97 Å². The standard InChI is InChI=1S/C23H28N2O5/c1-14(2)12-19(25-21(27)17-6-4-5-7-18(17)22(25)28)20(26)24-13-15-8-10-16(11-9-15)23(29)30-3/h4-5,8-11,14,17-19H,6-7,12-13H2,1-3H3,(H,24,26). The number of nitrogens with one attached hydrogen (secondary N) is 1. The zero-order valence-corrected chi connectivity index (χ0v) is 17.6. The summed E-state index contributed by atoms with van der Waals surface area (Å²) in [5.74, 6) is -1.80. The van der Waals surface area contributed by atoms with Crippen LogP contribution in [0.4, 0.5) is 0 Å². The minimum Gasteiger partial charge on any atom is -0.465 e. The maximum atomic E-state index is 13.0. The summed E-state index contributed by atoms with van der Waals surface area (Å²) in [5, 5.41) is 2.85. The fraction of sp³-hybridized carbons (Fsp3) is 0.478. The summed E-state index contributed by atoms with van der Waals surface area (Å²) in [6.07, 6.45) is 5.39. The number of carbonyl (C=O) groups is 4. The van der Waals surface area contributed by atoms with E-state index in [1.807, 2.05) is 26.0 Å². The van der Waals surface area contributed by atoms with E-state index in [-0.39, 0.29) is 42.0 Å². The van der Waals surface area contributed by atoms with E-state index in [1.165, 1.54) is 12.0 Å². The molecule has 0 spiro atoms. The first-order valence-electron chi connectivity index (χ1n) is 10.3. The van der Waals surface area contributed by atoms with Crippen molar-refractivity contribution in [3.05, 3.63) is 47.5 Å². The molecule has 1 saturated heterocycles. The Bertz CT molecular complexity index is 833. The van der Waals surface area contributed by atoms with E-state index in [1.54, 1.807) is 24.3 Å². The van der Waals surface area contributed by atoms with E-state index < -0.39 is 12.0 Å². The quantitative estimate of drug-likeness (QED) is 0.422. The molecule has 160 valence electrons. The molecule has 1 aromatic carbocycles. The van der Waals surface area contributed by atoms with E-state index in [9.17, 15) is 19.2 Å². The lowest BCUT2D eigenvalue weighted by atomic mass is 9.85. The van der Waals surface area contributed by atoms with Gasteiger partial charge in [-0.1, -0.05) is 38.1 Å². The molecule has 1 fully saturated rings. The van der Waals surface area contributed by atoms with Gasteiger partial charge in [0, 0.05) is 6.54 Å². The van der Waals surface area contributed by atoms with Gasteiger partial charge in [0.25, 0.3) is 0 Å². The molecule has 1 aliphatic heterocycles. The minimum absolute atomic E-state index is 0.140. The fourth-order valence-electron chi connectivity index (χ4n) is 4.09. The summed E-state index contributed by atoms with van der Waals surface area (Å²) < 4.78 is 4.68. The Hall–Kier alpha value is -2.96. The van der Waals surface area contributed by atoms with Gasteiger partial charge in [0.1, 0.15) is 6.04 Å². The fourth-order valence-corrected chi connectivity index (χ4v) is 4.09. The molecule has 1 aromatic rings. The highest BCUT2D eigenvalue weighted by molar-refractivity contribution is 6.08. The predicted octanol–water partition coefficient (Wildman–Crippen LogP) is 2.46.